The molecule has 5 nitrogen and oxygen atoms in total. The minimum Gasteiger partial charge on any atom is -0.385 e. The molecule has 1 saturated heterocycles. The van der Waals surface area contributed by atoms with Crippen LogP contribution in [0.3, 0.4) is 0 Å². The van der Waals surface area contributed by atoms with Gasteiger partial charge in [-0.15, -0.1) is 0 Å². The highest BCUT2D eigenvalue weighted by atomic mass is 16.5. The van der Waals surface area contributed by atoms with Crippen LogP contribution in [-0.2, 0) is 11.3 Å². The monoisotopic (exact) mass is 232 g/mol. The van der Waals surface area contributed by atoms with E-state index in [9.17, 15) is 0 Å². The molecule has 3 rings (SSSR count). The average molecular weight is 232 g/mol. The van der Waals surface area contributed by atoms with Crippen LogP contribution in [0.25, 0.3) is 5.65 Å². The number of rotatable bonds is 2. The third-order valence-corrected chi connectivity index (χ3v) is 3.12. The molecule has 0 amide bonds. The van der Waals surface area contributed by atoms with Crippen molar-refractivity contribution in [2.24, 2.45) is 0 Å². The first kappa shape index (κ1) is 10.6. The molecule has 0 saturated carbocycles. The van der Waals surface area contributed by atoms with E-state index in [1.54, 1.807) is 0 Å². The molecule has 2 aromatic heterocycles. The van der Waals surface area contributed by atoms with E-state index < -0.39 is 0 Å². The number of fused-ring (bicyclic) bond motifs is 1. The van der Waals surface area contributed by atoms with Gasteiger partial charge in [-0.05, 0) is 12.1 Å². The van der Waals surface area contributed by atoms with Crippen molar-refractivity contribution >= 4 is 11.5 Å². The Hall–Kier alpha value is -1.59. The van der Waals surface area contributed by atoms with E-state index in [4.69, 9.17) is 10.5 Å². The second kappa shape index (κ2) is 4.35. The summed E-state index contributed by atoms with van der Waals surface area (Å²) in [5, 5.41) is 0. The van der Waals surface area contributed by atoms with Crippen LogP contribution >= 0.6 is 0 Å². The molecule has 1 aliphatic rings. The highest BCUT2D eigenvalue weighted by Gasteiger charge is 2.13. The molecule has 0 spiro atoms. The minimum absolute atomic E-state index is 0.739. The molecular formula is C12H16N4O. The standard InChI is InChI=1S/C12H16N4O/c13-11-2-1-3-12-14-8-10(16(11)12)9-15-4-6-17-7-5-15/h1-3,8H,4-7,9,13H2. The fraction of sp³-hybridized carbons (Fsp3) is 0.417. The number of imidazole rings is 1. The number of ether oxygens (including phenoxy) is 1. The molecule has 0 radical (unpaired) electrons. The molecule has 2 N–H and O–H groups in total. The molecule has 1 fully saturated rings. The number of hydrogen-bond acceptors (Lipinski definition) is 4. The van der Waals surface area contributed by atoms with Gasteiger partial charge < -0.3 is 10.5 Å². The second-order valence-corrected chi connectivity index (χ2v) is 4.28. The van der Waals surface area contributed by atoms with Gasteiger partial charge >= 0.3 is 0 Å². The van der Waals surface area contributed by atoms with Crippen molar-refractivity contribution in [2.75, 3.05) is 32.0 Å². The van der Waals surface area contributed by atoms with Gasteiger partial charge in [0.1, 0.15) is 11.5 Å². The summed E-state index contributed by atoms with van der Waals surface area (Å²) in [4.78, 5) is 6.73. The maximum absolute atomic E-state index is 5.99. The molecule has 1 aliphatic heterocycles. The van der Waals surface area contributed by atoms with Crippen LogP contribution in [0.2, 0.25) is 0 Å². The van der Waals surface area contributed by atoms with E-state index in [2.05, 4.69) is 9.88 Å². The number of nitrogens with zero attached hydrogens (tertiary/aromatic N) is 3. The third kappa shape index (κ3) is 1.99. The number of anilines is 1. The van der Waals surface area contributed by atoms with Gasteiger partial charge in [0.2, 0.25) is 0 Å². The number of aromatic nitrogens is 2. The van der Waals surface area contributed by atoms with Gasteiger partial charge in [0.25, 0.3) is 0 Å². The number of hydrogen-bond donors (Lipinski definition) is 1. The lowest BCUT2D eigenvalue weighted by Crippen LogP contribution is -2.36. The Labute approximate surface area is 99.8 Å². The highest BCUT2D eigenvalue weighted by Crippen LogP contribution is 2.14. The molecular weight excluding hydrogens is 216 g/mol. The normalized spacial score (nSPS) is 17.6. The Morgan fingerprint density at radius 3 is 2.94 bits per heavy atom. The number of morpholine rings is 1. The van der Waals surface area contributed by atoms with Crippen LogP contribution in [0.15, 0.2) is 24.4 Å². The van der Waals surface area contributed by atoms with Gasteiger partial charge in [0, 0.05) is 19.6 Å². The van der Waals surface area contributed by atoms with Gasteiger partial charge in [-0.2, -0.15) is 0 Å². The first-order valence-electron chi connectivity index (χ1n) is 5.85. The summed E-state index contributed by atoms with van der Waals surface area (Å²) >= 11 is 0. The number of pyridine rings is 1. The summed E-state index contributed by atoms with van der Waals surface area (Å²) in [7, 11) is 0. The molecule has 0 aliphatic carbocycles. The quantitative estimate of drug-likeness (QED) is 0.830. The predicted octanol–water partition coefficient (Wildman–Crippen LogP) is 0.749. The van der Waals surface area contributed by atoms with Crippen LogP contribution in [0, 0.1) is 0 Å². The highest BCUT2D eigenvalue weighted by molar-refractivity contribution is 5.49. The maximum atomic E-state index is 5.99. The van der Waals surface area contributed by atoms with E-state index in [1.165, 1.54) is 0 Å². The Kier molecular flexibility index (Phi) is 2.70. The van der Waals surface area contributed by atoms with Crippen LogP contribution in [0.4, 0.5) is 5.82 Å². The zero-order valence-electron chi connectivity index (χ0n) is 9.67. The van der Waals surface area contributed by atoms with Crippen LogP contribution in [0.1, 0.15) is 5.69 Å². The fourth-order valence-electron chi connectivity index (χ4n) is 2.23. The molecule has 90 valence electrons. The molecule has 0 atom stereocenters. The van der Waals surface area contributed by atoms with Crippen molar-refractivity contribution in [3.8, 4) is 0 Å². The fourth-order valence-corrected chi connectivity index (χ4v) is 2.23. The summed E-state index contributed by atoms with van der Waals surface area (Å²) < 4.78 is 7.35. The Balaban J connectivity index is 1.89. The van der Waals surface area contributed by atoms with Crippen LogP contribution in [-0.4, -0.2) is 40.6 Å². The second-order valence-electron chi connectivity index (χ2n) is 4.28. The average Bonchev–Trinajstić information content (AvgIpc) is 2.75. The van der Waals surface area contributed by atoms with E-state index in [-0.39, 0.29) is 0 Å². The SMILES string of the molecule is Nc1cccc2ncc(CN3CCOCC3)n12. The summed E-state index contributed by atoms with van der Waals surface area (Å²) in [6.07, 6.45) is 1.90. The maximum Gasteiger partial charge on any atom is 0.138 e. The van der Waals surface area contributed by atoms with Gasteiger partial charge in [-0.1, -0.05) is 6.07 Å². The van der Waals surface area contributed by atoms with Crippen LogP contribution in [0.5, 0.6) is 0 Å². The zero-order chi connectivity index (χ0) is 11.7. The molecule has 0 unspecified atom stereocenters. The molecule has 0 bridgehead atoms. The Morgan fingerprint density at radius 1 is 1.29 bits per heavy atom. The lowest BCUT2D eigenvalue weighted by molar-refractivity contribution is 0.0335. The van der Waals surface area contributed by atoms with Crippen molar-refractivity contribution in [1.82, 2.24) is 14.3 Å². The van der Waals surface area contributed by atoms with E-state index in [0.29, 0.717) is 0 Å². The van der Waals surface area contributed by atoms with Crippen molar-refractivity contribution in [3.05, 3.63) is 30.1 Å². The summed E-state index contributed by atoms with van der Waals surface area (Å²) in [5.74, 6) is 0.739. The summed E-state index contributed by atoms with van der Waals surface area (Å²) in [6.45, 7) is 4.44. The number of nitrogens with two attached hydrogens (primary N) is 1. The van der Waals surface area contributed by atoms with Crippen molar-refractivity contribution in [1.29, 1.82) is 0 Å². The third-order valence-electron chi connectivity index (χ3n) is 3.12. The molecule has 17 heavy (non-hydrogen) atoms. The minimum atomic E-state index is 0.739. The molecule has 5 heteroatoms. The van der Waals surface area contributed by atoms with E-state index in [1.807, 2.05) is 28.8 Å². The first-order chi connectivity index (χ1) is 8.34. The van der Waals surface area contributed by atoms with Gasteiger partial charge in [-0.3, -0.25) is 9.30 Å². The van der Waals surface area contributed by atoms with Gasteiger partial charge in [-0.25, -0.2) is 4.98 Å². The number of nitrogen functional groups attached to an aromatic ring is 1. The summed E-state index contributed by atoms with van der Waals surface area (Å²) in [6, 6.07) is 5.80. The molecule has 2 aromatic rings. The molecule has 3 heterocycles. The molecule has 0 aromatic carbocycles. The largest absolute Gasteiger partial charge is 0.385 e. The van der Waals surface area contributed by atoms with Crippen molar-refractivity contribution in [2.45, 2.75) is 6.54 Å². The summed E-state index contributed by atoms with van der Waals surface area (Å²) in [5.41, 5.74) is 8.04. The Bertz CT molecular complexity index is 516. The van der Waals surface area contributed by atoms with Crippen LogP contribution < -0.4 is 5.73 Å². The lowest BCUT2D eigenvalue weighted by atomic mass is 10.3. The smallest absolute Gasteiger partial charge is 0.138 e. The first-order valence-corrected chi connectivity index (χ1v) is 5.85. The predicted molar refractivity (Wildman–Crippen MR) is 65.7 cm³/mol. The van der Waals surface area contributed by atoms with Gasteiger partial charge in [0.05, 0.1) is 25.1 Å². The lowest BCUT2D eigenvalue weighted by Gasteiger charge is -2.26. The van der Waals surface area contributed by atoms with Crippen molar-refractivity contribution in [3.63, 3.8) is 0 Å². The zero-order valence-corrected chi connectivity index (χ0v) is 9.67. The van der Waals surface area contributed by atoms with Crippen molar-refractivity contribution < 1.29 is 4.74 Å². The van der Waals surface area contributed by atoms with E-state index in [0.717, 1.165) is 50.0 Å². The Morgan fingerprint density at radius 2 is 2.12 bits per heavy atom. The van der Waals surface area contributed by atoms with E-state index >= 15 is 0 Å². The van der Waals surface area contributed by atoms with Gasteiger partial charge in [0.15, 0.2) is 0 Å². The topological polar surface area (TPSA) is 55.8 Å².